The Morgan fingerprint density at radius 1 is 1.00 bits per heavy atom. The number of carbonyl (C=O) groups excluding carboxylic acids is 1. The number of anilines is 2. The molecule has 6 heteroatoms. The number of pyridine rings is 1. The molecule has 1 heterocycles. The number of urea groups is 1. The van der Waals surface area contributed by atoms with Crippen LogP contribution in [0.1, 0.15) is 11.3 Å². The molecule has 0 aliphatic heterocycles. The van der Waals surface area contributed by atoms with E-state index in [-0.39, 0.29) is 11.7 Å². The molecule has 3 rings (SSSR count). The van der Waals surface area contributed by atoms with Gasteiger partial charge in [0, 0.05) is 51.2 Å². The van der Waals surface area contributed by atoms with Gasteiger partial charge in [0.15, 0.2) is 0 Å². The predicted molar refractivity (Wildman–Crippen MR) is 115 cm³/mol. The van der Waals surface area contributed by atoms with Crippen LogP contribution in [0.5, 0.6) is 0 Å². The first-order chi connectivity index (χ1) is 14.0. The predicted octanol–water partition coefficient (Wildman–Crippen LogP) is 4.56. The van der Waals surface area contributed by atoms with Crippen molar-refractivity contribution in [2.75, 3.05) is 30.9 Å². The molecule has 2 amide bonds. The summed E-state index contributed by atoms with van der Waals surface area (Å²) in [5.41, 5.74) is 3.16. The van der Waals surface area contributed by atoms with Crippen LogP contribution in [0.4, 0.5) is 20.6 Å². The molecule has 150 valence electrons. The third-order valence-corrected chi connectivity index (χ3v) is 4.59. The van der Waals surface area contributed by atoms with Gasteiger partial charge in [-0.15, -0.1) is 0 Å². The molecule has 0 atom stereocenters. The van der Waals surface area contributed by atoms with E-state index < -0.39 is 5.82 Å². The van der Waals surface area contributed by atoms with Crippen molar-refractivity contribution in [2.24, 2.45) is 0 Å². The number of carbonyl (C=O) groups is 1. The fourth-order valence-electron chi connectivity index (χ4n) is 2.92. The second kappa shape index (κ2) is 9.68. The van der Waals surface area contributed by atoms with Crippen molar-refractivity contribution in [2.45, 2.75) is 13.0 Å². The average molecular weight is 392 g/mol. The summed E-state index contributed by atoms with van der Waals surface area (Å²) in [6, 6.07) is 19.6. The topological polar surface area (TPSA) is 48.5 Å². The molecule has 2 aromatic carbocycles. The van der Waals surface area contributed by atoms with Crippen molar-refractivity contribution in [3.63, 3.8) is 0 Å². The lowest BCUT2D eigenvalue weighted by Crippen LogP contribution is -2.36. The Morgan fingerprint density at radius 3 is 2.38 bits per heavy atom. The number of hydrogen-bond acceptors (Lipinski definition) is 3. The summed E-state index contributed by atoms with van der Waals surface area (Å²) in [6.07, 6.45) is 2.35. The third kappa shape index (κ3) is 5.78. The first kappa shape index (κ1) is 20.3. The summed E-state index contributed by atoms with van der Waals surface area (Å²) >= 11 is 0. The minimum atomic E-state index is -0.458. The Kier molecular flexibility index (Phi) is 6.79. The molecule has 0 saturated heterocycles. The van der Waals surface area contributed by atoms with Gasteiger partial charge in [-0.3, -0.25) is 4.98 Å². The number of halogens is 1. The molecule has 0 aliphatic carbocycles. The fourth-order valence-corrected chi connectivity index (χ4v) is 2.92. The second-order valence-electron chi connectivity index (χ2n) is 6.96. The van der Waals surface area contributed by atoms with Crippen molar-refractivity contribution >= 4 is 17.4 Å². The number of nitrogens with zero attached hydrogens (tertiary/aromatic N) is 3. The van der Waals surface area contributed by atoms with E-state index in [0.717, 1.165) is 16.9 Å². The Balaban J connectivity index is 1.74. The van der Waals surface area contributed by atoms with Gasteiger partial charge in [-0.2, -0.15) is 0 Å². The number of hydrogen-bond donors (Lipinski definition) is 1. The van der Waals surface area contributed by atoms with Crippen LogP contribution in [-0.2, 0) is 13.0 Å². The van der Waals surface area contributed by atoms with Gasteiger partial charge in [0.1, 0.15) is 5.82 Å². The molecule has 0 unspecified atom stereocenters. The maximum absolute atomic E-state index is 14.0. The van der Waals surface area contributed by atoms with E-state index in [1.165, 1.54) is 6.07 Å². The van der Waals surface area contributed by atoms with Crippen LogP contribution in [0.25, 0.3) is 0 Å². The highest BCUT2D eigenvalue weighted by Gasteiger charge is 2.16. The van der Waals surface area contributed by atoms with Crippen molar-refractivity contribution in [3.8, 4) is 0 Å². The van der Waals surface area contributed by atoms with E-state index in [4.69, 9.17) is 0 Å². The summed E-state index contributed by atoms with van der Waals surface area (Å²) in [7, 11) is 3.96. The number of nitrogens with one attached hydrogen (secondary N) is 1. The zero-order valence-electron chi connectivity index (χ0n) is 16.7. The molecule has 0 radical (unpaired) electrons. The molecule has 1 N–H and O–H groups in total. The average Bonchev–Trinajstić information content (AvgIpc) is 2.73. The maximum atomic E-state index is 14.0. The zero-order chi connectivity index (χ0) is 20.6. The fraction of sp³-hybridized carbons (Fsp3) is 0.217. The molecule has 0 bridgehead atoms. The monoisotopic (exact) mass is 392 g/mol. The summed E-state index contributed by atoms with van der Waals surface area (Å²) in [4.78, 5) is 20.9. The van der Waals surface area contributed by atoms with Crippen LogP contribution in [0.3, 0.4) is 0 Å². The van der Waals surface area contributed by atoms with Crippen molar-refractivity contribution in [1.29, 1.82) is 0 Å². The lowest BCUT2D eigenvalue weighted by molar-refractivity contribution is 0.209. The van der Waals surface area contributed by atoms with Crippen molar-refractivity contribution < 1.29 is 9.18 Å². The van der Waals surface area contributed by atoms with Gasteiger partial charge < -0.3 is 15.1 Å². The minimum Gasteiger partial charge on any atom is -0.378 e. The number of amides is 2. The van der Waals surface area contributed by atoms with Gasteiger partial charge in [-0.05, 0) is 42.0 Å². The standard InChI is InChI=1S/C23H25FN4O/c1-27(2)20-12-10-18(11-13-20)17-28(16-14-19-7-5-6-15-25-19)23(29)26-22-9-4-3-8-21(22)24/h3-13,15H,14,16-17H2,1-2H3,(H,26,29). The van der Waals surface area contributed by atoms with E-state index in [1.807, 2.05) is 61.5 Å². The van der Waals surface area contributed by atoms with Gasteiger partial charge >= 0.3 is 6.03 Å². The molecule has 0 saturated carbocycles. The van der Waals surface area contributed by atoms with Crippen LogP contribution >= 0.6 is 0 Å². The molecular weight excluding hydrogens is 367 g/mol. The summed E-state index contributed by atoms with van der Waals surface area (Å²) < 4.78 is 14.0. The highest BCUT2D eigenvalue weighted by molar-refractivity contribution is 5.89. The van der Waals surface area contributed by atoms with Crippen LogP contribution in [0.15, 0.2) is 72.9 Å². The van der Waals surface area contributed by atoms with Crippen LogP contribution in [0, 0.1) is 5.82 Å². The Bertz CT molecular complexity index is 929. The number of para-hydroxylation sites is 1. The molecule has 1 aromatic heterocycles. The smallest absolute Gasteiger partial charge is 0.322 e. The molecular formula is C23H25FN4O. The first-order valence-electron chi connectivity index (χ1n) is 9.49. The second-order valence-corrected chi connectivity index (χ2v) is 6.96. The number of rotatable bonds is 7. The summed E-state index contributed by atoms with van der Waals surface area (Å²) in [6.45, 7) is 0.882. The maximum Gasteiger partial charge on any atom is 0.322 e. The Morgan fingerprint density at radius 2 is 1.72 bits per heavy atom. The molecule has 29 heavy (non-hydrogen) atoms. The Hall–Kier alpha value is -3.41. The highest BCUT2D eigenvalue weighted by atomic mass is 19.1. The van der Waals surface area contributed by atoms with Gasteiger partial charge in [0.25, 0.3) is 0 Å². The minimum absolute atomic E-state index is 0.170. The van der Waals surface area contributed by atoms with Crippen molar-refractivity contribution in [3.05, 3.63) is 90.0 Å². The molecule has 0 spiro atoms. The van der Waals surface area contributed by atoms with E-state index >= 15 is 0 Å². The molecule has 5 nitrogen and oxygen atoms in total. The van der Waals surface area contributed by atoms with Gasteiger partial charge in [-0.1, -0.05) is 30.3 Å². The van der Waals surface area contributed by atoms with Crippen LogP contribution in [0.2, 0.25) is 0 Å². The van der Waals surface area contributed by atoms with Crippen LogP contribution in [-0.4, -0.2) is 36.6 Å². The quantitative estimate of drug-likeness (QED) is 0.641. The summed E-state index contributed by atoms with van der Waals surface area (Å²) in [5, 5.41) is 2.68. The van der Waals surface area contributed by atoms with E-state index in [0.29, 0.717) is 19.5 Å². The first-order valence-corrected chi connectivity index (χ1v) is 9.49. The Labute approximate surface area is 170 Å². The van der Waals surface area contributed by atoms with Gasteiger partial charge in [0.05, 0.1) is 5.69 Å². The van der Waals surface area contributed by atoms with Gasteiger partial charge in [-0.25, -0.2) is 9.18 Å². The largest absolute Gasteiger partial charge is 0.378 e. The SMILES string of the molecule is CN(C)c1ccc(CN(CCc2ccccn2)C(=O)Nc2ccccc2F)cc1. The normalized spacial score (nSPS) is 10.4. The van der Waals surface area contributed by atoms with E-state index in [2.05, 4.69) is 10.3 Å². The highest BCUT2D eigenvalue weighted by Crippen LogP contribution is 2.17. The lowest BCUT2D eigenvalue weighted by Gasteiger charge is -2.24. The molecule has 3 aromatic rings. The van der Waals surface area contributed by atoms with Crippen LogP contribution < -0.4 is 10.2 Å². The third-order valence-electron chi connectivity index (χ3n) is 4.59. The molecule has 0 aliphatic rings. The number of benzene rings is 2. The lowest BCUT2D eigenvalue weighted by atomic mass is 10.1. The van der Waals surface area contributed by atoms with Crippen molar-refractivity contribution in [1.82, 2.24) is 9.88 Å². The van der Waals surface area contributed by atoms with E-state index in [1.54, 1.807) is 29.3 Å². The van der Waals surface area contributed by atoms with E-state index in [9.17, 15) is 9.18 Å². The zero-order valence-corrected chi connectivity index (χ0v) is 16.7. The summed E-state index contributed by atoms with van der Waals surface area (Å²) in [5.74, 6) is -0.458. The van der Waals surface area contributed by atoms with Gasteiger partial charge in [0.2, 0.25) is 0 Å². The molecule has 0 fully saturated rings. The number of aromatic nitrogens is 1.